The minimum Gasteiger partial charge on any atom is -0.398 e. The smallest absolute Gasteiger partial charge is 0.273 e. The highest BCUT2D eigenvalue weighted by Gasteiger charge is 2.08. The first-order chi connectivity index (χ1) is 11.1. The van der Waals surface area contributed by atoms with Gasteiger partial charge in [0.15, 0.2) is 0 Å². The van der Waals surface area contributed by atoms with E-state index >= 15 is 0 Å². The molecule has 3 aromatic carbocycles. The summed E-state index contributed by atoms with van der Waals surface area (Å²) < 4.78 is 0. The van der Waals surface area contributed by atoms with Crippen LogP contribution in [0.25, 0.3) is 10.8 Å². The Morgan fingerprint density at radius 2 is 1.65 bits per heavy atom. The van der Waals surface area contributed by atoms with Gasteiger partial charge in [-0.05, 0) is 41.5 Å². The van der Waals surface area contributed by atoms with E-state index in [1.165, 1.54) is 5.39 Å². The van der Waals surface area contributed by atoms with Crippen LogP contribution in [-0.4, -0.2) is 11.6 Å². The molecule has 0 unspecified atom stereocenters. The number of nitrogens with one attached hydrogen (secondary N) is 1. The second-order valence-electron chi connectivity index (χ2n) is 5.29. The maximum absolute atomic E-state index is 12.1. The maximum Gasteiger partial charge on any atom is 0.273 e. The van der Waals surface area contributed by atoms with Gasteiger partial charge in [-0.3, -0.25) is 4.79 Å². The van der Waals surface area contributed by atoms with Gasteiger partial charge in [0.1, 0.15) is 0 Å². The lowest BCUT2D eigenvalue weighted by atomic mass is 10.0. The van der Waals surface area contributed by atoms with Gasteiger partial charge in [-0.15, -0.1) is 0 Å². The first-order valence-electron chi connectivity index (χ1n) is 7.33. The van der Waals surface area contributed by atoms with Crippen LogP contribution in [-0.2, 0) is 0 Å². The molecule has 0 spiro atoms. The SMILES string of the molecule is C/C(=N\NC(=O)c1ccccc1N)c1ccc2ccccc2c1. The maximum atomic E-state index is 12.1. The summed E-state index contributed by atoms with van der Waals surface area (Å²) in [7, 11) is 0. The molecule has 0 fully saturated rings. The summed E-state index contributed by atoms with van der Waals surface area (Å²) in [5.41, 5.74) is 10.9. The molecule has 0 atom stereocenters. The number of benzene rings is 3. The molecule has 0 heterocycles. The number of hydrogen-bond donors (Lipinski definition) is 2. The first kappa shape index (κ1) is 14.8. The number of nitrogens with zero attached hydrogens (tertiary/aromatic N) is 1. The molecular formula is C19H17N3O. The number of anilines is 1. The van der Waals surface area contributed by atoms with Crippen molar-refractivity contribution in [2.45, 2.75) is 6.92 Å². The standard InChI is InChI=1S/C19H17N3O/c1-13(15-11-10-14-6-2-3-7-16(14)12-15)21-22-19(23)17-8-4-5-9-18(17)20/h2-12H,20H2,1H3,(H,22,23)/b21-13+. The largest absolute Gasteiger partial charge is 0.398 e. The first-order valence-corrected chi connectivity index (χ1v) is 7.33. The van der Waals surface area contributed by atoms with Crippen LogP contribution in [0.2, 0.25) is 0 Å². The minimum atomic E-state index is -0.316. The van der Waals surface area contributed by atoms with Gasteiger partial charge in [-0.2, -0.15) is 5.10 Å². The summed E-state index contributed by atoms with van der Waals surface area (Å²) in [5.74, 6) is -0.316. The molecule has 0 aromatic heterocycles. The topological polar surface area (TPSA) is 67.5 Å². The van der Waals surface area contributed by atoms with Crippen molar-refractivity contribution >= 4 is 28.1 Å². The van der Waals surface area contributed by atoms with Crippen molar-refractivity contribution in [2.75, 3.05) is 5.73 Å². The van der Waals surface area contributed by atoms with Crippen LogP contribution in [0.5, 0.6) is 0 Å². The molecule has 3 rings (SSSR count). The summed E-state index contributed by atoms with van der Waals surface area (Å²) in [5, 5.41) is 6.49. The molecule has 0 radical (unpaired) electrons. The van der Waals surface area contributed by atoms with E-state index in [0.717, 1.165) is 16.7 Å². The van der Waals surface area contributed by atoms with Gasteiger partial charge in [-0.1, -0.05) is 48.5 Å². The van der Waals surface area contributed by atoms with E-state index in [0.29, 0.717) is 11.3 Å². The zero-order chi connectivity index (χ0) is 16.2. The number of nitrogen functional groups attached to an aromatic ring is 1. The number of rotatable bonds is 3. The lowest BCUT2D eigenvalue weighted by Crippen LogP contribution is -2.20. The fraction of sp³-hybridized carbons (Fsp3) is 0.0526. The van der Waals surface area contributed by atoms with E-state index < -0.39 is 0 Å². The van der Waals surface area contributed by atoms with Crippen LogP contribution in [0, 0.1) is 0 Å². The molecule has 0 aliphatic heterocycles. The molecule has 3 aromatic rings. The Labute approximate surface area is 134 Å². The molecular weight excluding hydrogens is 286 g/mol. The second kappa shape index (κ2) is 6.32. The van der Waals surface area contributed by atoms with Crippen molar-refractivity contribution in [2.24, 2.45) is 5.10 Å². The number of hydrogen-bond acceptors (Lipinski definition) is 3. The zero-order valence-electron chi connectivity index (χ0n) is 12.8. The average Bonchev–Trinajstić information content (AvgIpc) is 2.59. The molecule has 4 nitrogen and oxygen atoms in total. The number of nitrogens with two attached hydrogens (primary N) is 1. The van der Waals surface area contributed by atoms with Crippen LogP contribution in [0.15, 0.2) is 71.8 Å². The predicted octanol–water partition coefficient (Wildman–Crippen LogP) is 3.58. The zero-order valence-corrected chi connectivity index (χ0v) is 12.8. The Balaban J connectivity index is 1.81. The fourth-order valence-electron chi connectivity index (χ4n) is 2.38. The van der Waals surface area contributed by atoms with Gasteiger partial charge >= 0.3 is 0 Å². The predicted molar refractivity (Wildman–Crippen MR) is 94.5 cm³/mol. The molecule has 23 heavy (non-hydrogen) atoms. The van der Waals surface area contributed by atoms with Crippen LogP contribution >= 0.6 is 0 Å². The third-order valence-corrected chi connectivity index (χ3v) is 3.70. The number of amides is 1. The third-order valence-electron chi connectivity index (χ3n) is 3.70. The molecule has 0 saturated carbocycles. The van der Waals surface area contributed by atoms with Crippen LogP contribution in [0.3, 0.4) is 0 Å². The number of carbonyl (C=O) groups is 1. The number of carbonyl (C=O) groups excluding carboxylic acids is 1. The van der Waals surface area contributed by atoms with Crippen molar-refractivity contribution in [3.8, 4) is 0 Å². The Morgan fingerprint density at radius 3 is 2.43 bits per heavy atom. The summed E-state index contributed by atoms with van der Waals surface area (Å²) >= 11 is 0. The van der Waals surface area contributed by atoms with E-state index in [1.54, 1.807) is 24.3 Å². The molecule has 0 aliphatic carbocycles. The minimum absolute atomic E-state index is 0.316. The van der Waals surface area contributed by atoms with E-state index in [4.69, 9.17) is 5.73 Å². The van der Waals surface area contributed by atoms with E-state index in [9.17, 15) is 4.79 Å². The lowest BCUT2D eigenvalue weighted by molar-refractivity contribution is 0.0955. The Bertz CT molecular complexity index is 900. The Morgan fingerprint density at radius 1 is 0.957 bits per heavy atom. The molecule has 3 N–H and O–H groups in total. The quantitative estimate of drug-likeness (QED) is 0.441. The highest BCUT2D eigenvalue weighted by atomic mass is 16.2. The normalized spacial score (nSPS) is 11.4. The summed E-state index contributed by atoms with van der Waals surface area (Å²) in [6.07, 6.45) is 0. The lowest BCUT2D eigenvalue weighted by Gasteiger charge is -2.06. The van der Waals surface area contributed by atoms with E-state index in [1.807, 2.05) is 31.2 Å². The van der Waals surface area contributed by atoms with Gasteiger partial charge in [-0.25, -0.2) is 5.43 Å². The van der Waals surface area contributed by atoms with Crippen LogP contribution < -0.4 is 11.2 Å². The summed E-state index contributed by atoms with van der Waals surface area (Å²) in [6, 6.07) is 21.1. The van der Waals surface area contributed by atoms with E-state index in [-0.39, 0.29) is 5.91 Å². The van der Waals surface area contributed by atoms with Gasteiger partial charge in [0.2, 0.25) is 0 Å². The molecule has 114 valence electrons. The number of hydrazone groups is 1. The Kier molecular flexibility index (Phi) is 4.06. The van der Waals surface area contributed by atoms with Gasteiger partial charge in [0.05, 0.1) is 11.3 Å². The monoisotopic (exact) mass is 303 g/mol. The molecule has 0 aliphatic rings. The van der Waals surface area contributed by atoms with Crippen LogP contribution in [0.1, 0.15) is 22.8 Å². The molecule has 0 saturated heterocycles. The van der Waals surface area contributed by atoms with Crippen LogP contribution in [0.4, 0.5) is 5.69 Å². The summed E-state index contributed by atoms with van der Waals surface area (Å²) in [6.45, 7) is 1.86. The summed E-state index contributed by atoms with van der Waals surface area (Å²) in [4.78, 5) is 12.1. The van der Waals surface area contributed by atoms with Crippen molar-refractivity contribution in [1.29, 1.82) is 0 Å². The van der Waals surface area contributed by atoms with Crippen molar-refractivity contribution in [1.82, 2.24) is 5.43 Å². The Hall–Kier alpha value is -3.14. The van der Waals surface area contributed by atoms with Gasteiger partial charge < -0.3 is 5.73 Å². The van der Waals surface area contributed by atoms with Gasteiger partial charge in [0, 0.05) is 5.69 Å². The van der Waals surface area contributed by atoms with E-state index in [2.05, 4.69) is 28.7 Å². The van der Waals surface area contributed by atoms with Crippen molar-refractivity contribution < 1.29 is 4.79 Å². The molecule has 1 amide bonds. The number of fused-ring (bicyclic) bond motifs is 1. The second-order valence-corrected chi connectivity index (χ2v) is 5.29. The average molecular weight is 303 g/mol. The van der Waals surface area contributed by atoms with Crippen molar-refractivity contribution in [3.05, 3.63) is 77.9 Å². The number of para-hydroxylation sites is 1. The van der Waals surface area contributed by atoms with Crippen molar-refractivity contribution in [3.63, 3.8) is 0 Å². The third kappa shape index (κ3) is 3.21. The highest BCUT2D eigenvalue weighted by Crippen LogP contribution is 2.16. The molecule has 4 heteroatoms. The van der Waals surface area contributed by atoms with Gasteiger partial charge in [0.25, 0.3) is 5.91 Å². The highest BCUT2D eigenvalue weighted by molar-refractivity contribution is 6.04. The molecule has 0 bridgehead atoms. The fourth-order valence-corrected chi connectivity index (χ4v) is 2.38.